The number of para-hydroxylation sites is 1. The molecule has 122 valence electrons. The molecule has 0 atom stereocenters. The van der Waals surface area contributed by atoms with Gasteiger partial charge in [-0.2, -0.15) is 0 Å². The first kappa shape index (κ1) is 16.0. The van der Waals surface area contributed by atoms with Crippen molar-refractivity contribution in [3.8, 4) is 11.5 Å². The van der Waals surface area contributed by atoms with Crippen LogP contribution >= 0.6 is 12.2 Å². The van der Waals surface area contributed by atoms with Gasteiger partial charge in [0.05, 0.1) is 12.3 Å². The number of benzene rings is 2. The quantitative estimate of drug-likeness (QED) is 0.662. The second-order valence-corrected chi connectivity index (χ2v) is 5.51. The average Bonchev–Trinajstić information content (AvgIpc) is 2.85. The number of nitrogens with zero attached hydrogens (tertiary/aromatic N) is 1. The van der Waals surface area contributed by atoms with Crippen molar-refractivity contribution in [1.29, 1.82) is 0 Å². The number of carbonyl (C=O) groups is 1. The van der Waals surface area contributed by atoms with Crippen LogP contribution in [-0.4, -0.2) is 22.7 Å². The van der Waals surface area contributed by atoms with Crippen LogP contribution in [0.3, 0.4) is 0 Å². The molecule has 24 heavy (non-hydrogen) atoms. The fraction of sp³-hybridized carbons (Fsp3) is 0.111. The van der Waals surface area contributed by atoms with Crippen molar-refractivity contribution in [1.82, 2.24) is 5.32 Å². The Morgan fingerprint density at radius 1 is 1.25 bits per heavy atom. The van der Waals surface area contributed by atoms with Crippen LogP contribution in [0.2, 0.25) is 0 Å². The van der Waals surface area contributed by atoms with Crippen LogP contribution in [0.5, 0.6) is 11.5 Å². The average molecular weight is 340 g/mol. The number of anilines is 1. The predicted octanol–water partition coefficient (Wildman–Crippen LogP) is 3.05. The Hall–Kier alpha value is -2.86. The summed E-state index contributed by atoms with van der Waals surface area (Å²) < 4.78 is 5.36. The summed E-state index contributed by atoms with van der Waals surface area (Å²) in [7, 11) is 0. The summed E-state index contributed by atoms with van der Waals surface area (Å²) in [5.74, 6) is 0.211. The molecule has 6 heteroatoms. The van der Waals surface area contributed by atoms with E-state index >= 15 is 0 Å². The fourth-order valence-corrected chi connectivity index (χ4v) is 2.70. The Balaban J connectivity index is 1.91. The molecule has 1 heterocycles. The molecule has 1 aliphatic rings. The van der Waals surface area contributed by atoms with Crippen LogP contribution < -0.4 is 15.0 Å². The van der Waals surface area contributed by atoms with Gasteiger partial charge in [0, 0.05) is 0 Å². The molecule has 0 unspecified atom stereocenters. The van der Waals surface area contributed by atoms with Gasteiger partial charge in [-0.15, -0.1) is 0 Å². The summed E-state index contributed by atoms with van der Waals surface area (Å²) in [4.78, 5) is 14.1. The molecule has 2 N–H and O–H groups in total. The zero-order valence-corrected chi connectivity index (χ0v) is 13.8. The van der Waals surface area contributed by atoms with E-state index in [4.69, 9.17) is 17.0 Å². The Morgan fingerprint density at radius 3 is 2.71 bits per heavy atom. The molecule has 1 amide bonds. The number of aromatic hydroxyl groups is 1. The van der Waals surface area contributed by atoms with E-state index in [9.17, 15) is 9.90 Å². The van der Waals surface area contributed by atoms with Crippen molar-refractivity contribution >= 4 is 35.0 Å². The third-order valence-corrected chi connectivity index (χ3v) is 3.77. The number of nitrogens with one attached hydrogen (secondary N) is 1. The maximum absolute atomic E-state index is 12.6. The number of hydrogen-bond donors (Lipinski definition) is 2. The van der Waals surface area contributed by atoms with Gasteiger partial charge in [-0.05, 0) is 55.0 Å². The van der Waals surface area contributed by atoms with Crippen LogP contribution in [0.25, 0.3) is 6.08 Å². The highest BCUT2D eigenvalue weighted by Gasteiger charge is 2.31. The van der Waals surface area contributed by atoms with Crippen LogP contribution in [0.1, 0.15) is 12.5 Å². The van der Waals surface area contributed by atoms with Gasteiger partial charge in [-0.1, -0.05) is 24.3 Å². The van der Waals surface area contributed by atoms with Crippen LogP contribution in [0.15, 0.2) is 54.2 Å². The largest absolute Gasteiger partial charge is 0.504 e. The first-order valence-electron chi connectivity index (χ1n) is 7.48. The summed E-state index contributed by atoms with van der Waals surface area (Å²) >= 11 is 5.27. The number of carbonyl (C=O) groups excluding carboxylic acids is 1. The lowest BCUT2D eigenvalue weighted by Gasteiger charge is -2.13. The Labute approximate surface area is 145 Å². The molecular weight excluding hydrogens is 324 g/mol. The molecule has 5 nitrogen and oxygen atoms in total. The monoisotopic (exact) mass is 340 g/mol. The second-order valence-electron chi connectivity index (χ2n) is 5.12. The summed E-state index contributed by atoms with van der Waals surface area (Å²) in [6, 6.07) is 14.1. The maximum Gasteiger partial charge on any atom is 0.281 e. The van der Waals surface area contributed by atoms with Crippen molar-refractivity contribution in [3.05, 3.63) is 59.8 Å². The van der Waals surface area contributed by atoms with Crippen LogP contribution in [-0.2, 0) is 4.79 Å². The van der Waals surface area contributed by atoms with Gasteiger partial charge in [0.1, 0.15) is 5.70 Å². The number of hydrogen-bond acceptors (Lipinski definition) is 4. The minimum Gasteiger partial charge on any atom is -0.504 e. The van der Waals surface area contributed by atoms with Gasteiger partial charge >= 0.3 is 0 Å². The minimum atomic E-state index is -0.225. The van der Waals surface area contributed by atoms with E-state index in [1.165, 1.54) is 11.0 Å². The maximum atomic E-state index is 12.6. The SMILES string of the molecule is CCOc1cc(/C=C2\NC(=S)N(c3ccccc3)C2=O)ccc1O. The van der Waals surface area contributed by atoms with E-state index in [1.54, 1.807) is 18.2 Å². The normalized spacial score (nSPS) is 15.7. The van der Waals surface area contributed by atoms with E-state index in [0.717, 1.165) is 5.56 Å². The Morgan fingerprint density at radius 2 is 2.00 bits per heavy atom. The van der Waals surface area contributed by atoms with Gasteiger partial charge in [0.25, 0.3) is 5.91 Å². The summed E-state index contributed by atoms with van der Waals surface area (Å²) in [5, 5.41) is 13.0. The van der Waals surface area contributed by atoms with Crippen molar-refractivity contribution in [3.63, 3.8) is 0 Å². The summed E-state index contributed by atoms with van der Waals surface area (Å²) in [6.45, 7) is 2.28. The molecule has 0 saturated carbocycles. The molecule has 1 aliphatic heterocycles. The van der Waals surface area contributed by atoms with Crippen molar-refractivity contribution in [2.75, 3.05) is 11.5 Å². The predicted molar refractivity (Wildman–Crippen MR) is 96.9 cm³/mol. The molecule has 2 aromatic carbocycles. The standard InChI is InChI=1S/C18H16N2O3S/c1-2-23-16-11-12(8-9-15(16)21)10-14-17(22)20(18(24)19-14)13-6-4-3-5-7-13/h3-11,21H,2H2,1H3,(H,19,24)/b14-10-. The van der Waals surface area contributed by atoms with Crippen molar-refractivity contribution < 1.29 is 14.6 Å². The highest BCUT2D eigenvalue weighted by Crippen LogP contribution is 2.28. The lowest BCUT2D eigenvalue weighted by molar-refractivity contribution is -0.113. The van der Waals surface area contributed by atoms with Gasteiger partial charge < -0.3 is 15.2 Å². The molecular formula is C18H16N2O3S. The number of phenolic OH excluding ortho intramolecular Hbond substituents is 1. The smallest absolute Gasteiger partial charge is 0.281 e. The zero-order chi connectivity index (χ0) is 17.1. The minimum absolute atomic E-state index is 0.0612. The lowest BCUT2D eigenvalue weighted by atomic mass is 10.1. The Bertz CT molecular complexity index is 818. The van der Waals surface area contributed by atoms with E-state index in [2.05, 4.69) is 5.32 Å². The zero-order valence-electron chi connectivity index (χ0n) is 13.0. The third kappa shape index (κ3) is 3.09. The lowest BCUT2D eigenvalue weighted by Crippen LogP contribution is -2.30. The fourth-order valence-electron chi connectivity index (χ4n) is 2.40. The van der Waals surface area contributed by atoms with Gasteiger partial charge in [-0.25, -0.2) is 0 Å². The second kappa shape index (κ2) is 6.72. The molecule has 0 bridgehead atoms. The third-order valence-electron chi connectivity index (χ3n) is 3.49. The molecule has 1 saturated heterocycles. The molecule has 2 aromatic rings. The number of rotatable bonds is 4. The number of phenols is 1. The topological polar surface area (TPSA) is 61.8 Å². The number of amides is 1. The van der Waals surface area contributed by atoms with Gasteiger partial charge in [-0.3, -0.25) is 9.69 Å². The Kier molecular flexibility index (Phi) is 4.48. The van der Waals surface area contributed by atoms with Gasteiger partial charge in [0.2, 0.25) is 0 Å². The first-order chi connectivity index (χ1) is 11.6. The van der Waals surface area contributed by atoms with Crippen LogP contribution in [0, 0.1) is 0 Å². The molecule has 3 rings (SSSR count). The molecule has 0 radical (unpaired) electrons. The van der Waals surface area contributed by atoms with Crippen molar-refractivity contribution in [2.45, 2.75) is 6.92 Å². The molecule has 0 aromatic heterocycles. The highest BCUT2D eigenvalue weighted by atomic mass is 32.1. The first-order valence-corrected chi connectivity index (χ1v) is 7.89. The molecule has 0 aliphatic carbocycles. The van der Waals surface area contributed by atoms with Crippen molar-refractivity contribution in [2.24, 2.45) is 0 Å². The molecule has 1 fully saturated rings. The highest BCUT2D eigenvalue weighted by molar-refractivity contribution is 7.80. The van der Waals surface area contributed by atoms with E-state index in [-0.39, 0.29) is 11.7 Å². The van der Waals surface area contributed by atoms with Crippen LogP contribution in [0.4, 0.5) is 5.69 Å². The van der Waals surface area contributed by atoms with E-state index in [0.29, 0.717) is 28.9 Å². The summed E-state index contributed by atoms with van der Waals surface area (Å²) in [6.07, 6.45) is 1.68. The molecule has 0 spiro atoms. The number of thiocarbonyl (C=S) groups is 1. The van der Waals surface area contributed by atoms with E-state index in [1.807, 2.05) is 37.3 Å². The summed E-state index contributed by atoms with van der Waals surface area (Å²) in [5.41, 5.74) is 1.81. The van der Waals surface area contributed by atoms with E-state index < -0.39 is 0 Å². The van der Waals surface area contributed by atoms with Gasteiger partial charge in [0.15, 0.2) is 16.6 Å². The number of ether oxygens (including phenoxy) is 1.